The van der Waals surface area contributed by atoms with E-state index in [9.17, 15) is 4.79 Å². The summed E-state index contributed by atoms with van der Waals surface area (Å²) < 4.78 is 1.89. The van der Waals surface area contributed by atoms with Crippen molar-refractivity contribution >= 4 is 23.5 Å². The number of nitrogens with zero attached hydrogens (tertiary/aromatic N) is 3. The highest BCUT2D eigenvalue weighted by molar-refractivity contribution is 7.99. The van der Waals surface area contributed by atoms with Gasteiger partial charge in [-0.3, -0.25) is 4.79 Å². The number of hydrogen-bond acceptors (Lipinski definition) is 5. The van der Waals surface area contributed by atoms with Crippen molar-refractivity contribution in [3.8, 4) is 0 Å². The Hall–Kier alpha value is -2.08. The van der Waals surface area contributed by atoms with Gasteiger partial charge in [0.15, 0.2) is 5.78 Å². The Kier molecular flexibility index (Phi) is 4.37. The number of thioether (sulfide) groups is 1. The molecule has 1 N–H and O–H groups in total. The minimum Gasteiger partial charge on any atom is -0.328 e. The first kappa shape index (κ1) is 16.4. The SMILES string of the molecule is CCSc1nc2n(n1)[C@@H](c1ccc(CC)cc1)C1=C(CCCC1=O)N2. The zero-order valence-electron chi connectivity index (χ0n) is 14.6. The van der Waals surface area contributed by atoms with Gasteiger partial charge in [0.2, 0.25) is 11.1 Å². The summed E-state index contributed by atoms with van der Waals surface area (Å²) in [6, 6.07) is 8.36. The number of ketones is 1. The Morgan fingerprint density at radius 3 is 2.76 bits per heavy atom. The van der Waals surface area contributed by atoms with Crippen molar-refractivity contribution in [3.05, 3.63) is 46.7 Å². The van der Waals surface area contributed by atoms with Crippen molar-refractivity contribution in [2.24, 2.45) is 0 Å². The van der Waals surface area contributed by atoms with E-state index in [-0.39, 0.29) is 11.8 Å². The molecule has 0 amide bonds. The van der Waals surface area contributed by atoms with Gasteiger partial charge in [0.05, 0.1) is 0 Å². The molecule has 2 heterocycles. The largest absolute Gasteiger partial charge is 0.328 e. The topological polar surface area (TPSA) is 59.8 Å². The zero-order valence-corrected chi connectivity index (χ0v) is 15.4. The van der Waals surface area contributed by atoms with Crippen molar-refractivity contribution in [1.82, 2.24) is 14.8 Å². The number of hydrogen-bond donors (Lipinski definition) is 1. The summed E-state index contributed by atoms with van der Waals surface area (Å²) in [7, 11) is 0. The summed E-state index contributed by atoms with van der Waals surface area (Å²) in [6.07, 6.45) is 3.42. The molecule has 1 aliphatic carbocycles. The van der Waals surface area contributed by atoms with Crippen LogP contribution in [0.5, 0.6) is 0 Å². The fraction of sp³-hybridized carbons (Fsp3) is 0.421. The fourth-order valence-electron chi connectivity index (χ4n) is 3.57. The lowest BCUT2D eigenvalue weighted by molar-refractivity contribution is -0.116. The molecular weight excluding hydrogens is 332 g/mol. The highest BCUT2D eigenvalue weighted by atomic mass is 32.2. The smallest absolute Gasteiger partial charge is 0.227 e. The number of anilines is 1. The number of aromatic nitrogens is 3. The van der Waals surface area contributed by atoms with Crippen molar-refractivity contribution < 1.29 is 4.79 Å². The lowest BCUT2D eigenvalue weighted by Gasteiger charge is -2.32. The van der Waals surface area contributed by atoms with Crippen molar-refractivity contribution in [2.45, 2.75) is 50.7 Å². The number of rotatable bonds is 4. The molecule has 0 fully saturated rings. The summed E-state index contributed by atoms with van der Waals surface area (Å²) in [5, 5.41) is 8.81. The first-order chi connectivity index (χ1) is 12.2. The normalized spacial score (nSPS) is 19.4. The number of aryl methyl sites for hydroxylation is 1. The molecule has 0 saturated carbocycles. The molecule has 6 heteroatoms. The van der Waals surface area contributed by atoms with Crippen LogP contribution in [-0.2, 0) is 11.2 Å². The number of carbonyl (C=O) groups excluding carboxylic acids is 1. The van der Waals surface area contributed by atoms with Gasteiger partial charge in [-0.05, 0) is 36.1 Å². The van der Waals surface area contributed by atoms with E-state index in [4.69, 9.17) is 0 Å². The zero-order chi connectivity index (χ0) is 17.4. The van der Waals surface area contributed by atoms with Crippen molar-refractivity contribution in [1.29, 1.82) is 0 Å². The third-order valence-corrected chi connectivity index (χ3v) is 5.55. The van der Waals surface area contributed by atoms with Crippen LogP contribution < -0.4 is 5.32 Å². The summed E-state index contributed by atoms with van der Waals surface area (Å²) >= 11 is 1.62. The van der Waals surface area contributed by atoms with Gasteiger partial charge in [-0.25, -0.2) is 4.68 Å². The third-order valence-electron chi connectivity index (χ3n) is 4.83. The minimum absolute atomic E-state index is 0.177. The Morgan fingerprint density at radius 1 is 1.24 bits per heavy atom. The molecule has 130 valence electrons. The number of fused-ring (bicyclic) bond motifs is 1. The second kappa shape index (κ2) is 6.67. The Morgan fingerprint density at radius 2 is 2.04 bits per heavy atom. The Labute approximate surface area is 151 Å². The van der Waals surface area contributed by atoms with E-state index < -0.39 is 0 Å². The summed E-state index contributed by atoms with van der Waals surface area (Å²) in [6.45, 7) is 4.24. The van der Waals surface area contributed by atoms with Gasteiger partial charge in [0.25, 0.3) is 0 Å². The maximum Gasteiger partial charge on any atom is 0.227 e. The second-order valence-electron chi connectivity index (χ2n) is 6.39. The molecule has 0 spiro atoms. The monoisotopic (exact) mass is 354 g/mol. The average Bonchev–Trinajstić information content (AvgIpc) is 3.02. The van der Waals surface area contributed by atoms with E-state index >= 15 is 0 Å². The molecule has 0 saturated heterocycles. The predicted octanol–water partition coefficient (Wildman–Crippen LogP) is 3.97. The Bertz CT molecular complexity index is 838. The van der Waals surface area contributed by atoms with E-state index in [2.05, 4.69) is 53.5 Å². The number of benzene rings is 1. The first-order valence-electron chi connectivity index (χ1n) is 8.92. The van der Waals surface area contributed by atoms with Gasteiger partial charge in [0.1, 0.15) is 6.04 Å². The summed E-state index contributed by atoms with van der Waals surface area (Å²) in [5.74, 6) is 1.89. The van der Waals surface area contributed by atoms with E-state index in [0.29, 0.717) is 6.42 Å². The molecular formula is C19H22N4OS. The van der Waals surface area contributed by atoms with Crippen LogP contribution in [0.15, 0.2) is 40.7 Å². The van der Waals surface area contributed by atoms with Gasteiger partial charge in [-0.15, -0.1) is 5.10 Å². The maximum absolute atomic E-state index is 12.7. The van der Waals surface area contributed by atoms with Gasteiger partial charge < -0.3 is 5.32 Å². The van der Waals surface area contributed by atoms with Crippen molar-refractivity contribution in [2.75, 3.05) is 11.1 Å². The van der Waals surface area contributed by atoms with Crippen LogP contribution >= 0.6 is 11.8 Å². The molecule has 1 aromatic carbocycles. The highest BCUT2D eigenvalue weighted by Gasteiger charge is 2.36. The van der Waals surface area contributed by atoms with E-state index in [1.165, 1.54) is 5.56 Å². The molecule has 0 bridgehead atoms. The van der Waals surface area contributed by atoms with Gasteiger partial charge in [-0.2, -0.15) is 4.98 Å². The van der Waals surface area contributed by atoms with E-state index in [1.807, 2.05) is 4.68 Å². The summed E-state index contributed by atoms with van der Waals surface area (Å²) in [5.41, 5.74) is 4.28. The van der Waals surface area contributed by atoms with Gasteiger partial charge >= 0.3 is 0 Å². The number of Topliss-reactive ketones (excluding diaryl/α,β-unsaturated/α-hetero) is 1. The third kappa shape index (κ3) is 2.88. The summed E-state index contributed by atoms with van der Waals surface area (Å²) in [4.78, 5) is 17.3. The number of allylic oxidation sites excluding steroid dienone is 2. The second-order valence-corrected chi connectivity index (χ2v) is 7.62. The van der Waals surface area contributed by atoms with E-state index in [1.54, 1.807) is 11.8 Å². The van der Waals surface area contributed by atoms with Crippen LogP contribution in [0.3, 0.4) is 0 Å². The van der Waals surface area contributed by atoms with E-state index in [0.717, 1.165) is 53.0 Å². The minimum atomic E-state index is -0.177. The quantitative estimate of drug-likeness (QED) is 0.842. The first-order valence-corrected chi connectivity index (χ1v) is 9.91. The number of carbonyl (C=O) groups is 1. The average molecular weight is 354 g/mol. The lowest BCUT2D eigenvalue weighted by Crippen LogP contribution is -2.31. The molecule has 2 aliphatic rings. The number of nitrogens with one attached hydrogen (secondary N) is 1. The molecule has 0 radical (unpaired) electrons. The standard InChI is InChI=1S/C19H22N4OS/c1-3-12-8-10-13(11-9-12)17-16-14(6-5-7-15(16)24)20-18-21-19(25-4-2)22-23(17)18/h8-11,17H,3-7H2,1-2H3,(H,20,21,22)/t17-/m0/s1. The van der Waals surface area contributed by atoms with Crippen LogP contribution in [0.2, 0.25) is 0 Å². The van der Waals surface area contributed by atoms with Crippen LogP contribution in [0.25, 0.3) is 0 Å². The maximum atomic E-state index is 12.7. The van der Waals surface area contributed by atoms with Crippen LogP contribution in [0, 0.1) is 0 Å². The van der Waals surface area contributed by atoms with Crippen LogP contribution in [-0.4, -0.2) is 26.3 Å². The van der Waals surface area contributed by atoms with Gasteiger partial charge in [-0.1, -0.05) is 49.9 Å². The molecule has 4 rings (SSSR count). The molecule has 2 aromatic rings. The fourth-order valence-corrected chi connectivity index (χ4v) is 4.13. The Balaban J connectivity index is 1.84. The predicted molar refractivity (Wildman–Crippen MR) is 99.9 cm³/mol. The molecule has 1 aromatic heterocycles. The molecule has 25 heavy (non-hydrogen) atoms. The van der Waals surface area contributed by atoms with Crippen LogP contribution in [0.4, 0.5) is 5.95 Å². The van der Waals surface area contributed by atoms with Crippen molar-refractivity contribution in [3.63, 3.8) is 0 Å². The highest BCUT2D eigenvalue weighted by Crippen LogP contribution is 2.40. The molecule has 0 unspecified atom stereocenters. The molecule has 5 nitrogen and oxygen atoms in total. The van der Waals surface area contributed by atoms with Gasteiger partial charge in [0, 0.05) is 17.7 Å². The molecule has 1 atom stereocenters. The van der Waals surface area contributed by atoms with Crippen LogP contribution in [0.1, 0.15) is 50.3 Å². The molecule has 1 aliphatic heterocycles. The lowest BCUT2D eigenvalue weighted by atomic mass is 9.85.